The second-order valence-electron chi connectivity index (χ2n) is 4.50. The van der Waals surface area contributed by atoms with Gasteiger partial charge < -0.3 is 15.8 Å². The minimum atomic E-state index is -0.183. The molecule has 0 aliphatic rings. The Hall–Kier alpha value is -2.33. The molecule has 0 saturated heterocycles. The molecule has 2 aromatic rings. The minimum Gasteiger partial charge on any atom is -0.484 e. The zero-order valence-electron chi connectivity index (χ0n) is 11.4. The van der Waals surface area contributed by atoms with Crippen molar-refractivity contribution in [3.8, 4) is 5.75 Å². The third-order valence-corrected chi connectivity index (χ3v) is 2.92. The fourth-order valence-corrected chi connectivity index (χ4v) is 1.81. The van der Waals surface area contributed by atoms with E-state index in [1.807, 2.05) is 49.4 Å². The predicted molar refractivity (Wildman–Crippen MR) is 79.6 cm³/mol. The van der Waals surface area contributed by atoms with Crippen molar-refractivity contribution in [1.29, 1.82) is 0 Å². The maximum Gasteiger partial charge on any atom is 0.262 e. The number of anilines is 1. The Labute approximate surface area is 118 Å². The quantitative estimate of drug-likeness (QED) is 0.877. The maximum absolute atomic E-state index is 11.8. The fourth-order valence-electron chi connectivity index (χ4n) is 1.81. The number of rotatable bonds is 5. The van der Waals surface area contributed by atoms with Gasteiger partial charge in [-0.25, -0.2) is 0 Å². The van der Waals surface area contributed by atoms with Crippen LogP contribution in [0.5, 0.6) is 5.75 Å². The molecule has 0 spiro atoms. The zero-order valence-corrected chi connectivity index (χ0v) is 11.4. The summed E-state index contributed by atoms with van der Waals surface area (Å²) in [7, 11) is 0. The van der Waals surface area contributed by atoms with Crippen LogP contribution in [0.4, 0.5) is 5.69 Å². The molecule has 104 valence electrons. The number of carbonyl (C=O) groups excluding carboxylic acids is 1. The molecular formula is C16H18N2O2. The molecule has 3 N–H and O–H groups in total. The van der Waals surface area contributed by atoms with E-state index < -0.39 is 0 Å². The van der Waals surface area contributed by atoms with Crippen LogP contribution in [0.25, 0.3) is 0 Å². The molecular weight excluding hydrogens is 252 g/mol. The molecule has 2 aromatic carbocycles. The van der Waals surface area contributed by atoms with E-state index in [1.54, 1.807) is 6.07 Å². The van der Waals surface area contributed by atoms with Gasteiger partial charge in [-0.2, -0.15) is 0 Å². The summed E-state index contributed by atoms with van der Waals surface area (Å²) in [6.45, 7) is 2.37. The summed E-state index contributed by atoms with van der Waals surface area (Å²) in [4.78, 5) is 11.8. The largest absolute Gasteiger partial charge is 0.484 e. The van der Waals surface area contributed by atoms with Crippen molar-refractivity contribution in [2.24, 2.45) is 5.73 Å². The number of para-hydroxylation sites is 1. The van der Waals surface area contributed by atoms with Gasteiger partial charge in [0.25, 0.3) is 5.91 Å². The molecule has 0 bridgehead atoms. The lowest BCUT2D eigenvalue weighted by atomic mass is 10.2. The number of aryl methyl sites for hydroxylation is 1. The van der Waals surface area contributed by atoms with E-state index in [1.165, 1.54) is 0 Å². The lowest BCUT2D eigenvalue weighted by molar-refractivity contribution is -0.118. The van der Waals surface area contributed by atoms with E-state index in [4.69, 9.17) is 10.5 Å². The van der Waals surface area contributed by atoms with Gasteiger partial charge in [0, 0.05) is 12.2 Å². The van der Waals surface area contributed by atoms with Gasteiger partial charge in [-0.3, -0.25) is 4.79 Å². The number of ether oxygens (including phenoxy) is 1. The van der Waals surface area contributed by atoms with Gasteiger partial charge in [0.2, 0.25) is 0 Å². The highest BCUT2D eigenvalue weighted by Gasteiger charge is 2.05. The second-order valence-corrected chi connectivity index (χ2v) is 4.50. The van der Waals surface area contributed by atoms with E-state index in [0.717, 1.165) is 16.8 Å². The first-order valence-electron chi connectivity index (χ1n) is 6.46. The molecule has 4 nitrogen and oxygen atoms in total. The first kappa shape index (κ1) is 14.1. The van der Waals surface area contributed by atoms with Crippen molar-refractivity contribution in [2.45, 2.75) is 13.5 Å². The Morgan fingerprint density at radius 3 is 2.75 bits per heavy atom. The molecule has 4 heteroatoms. The van der Waals surface area contributed by atoms with Crippen molar-refractivity contribution in [2.75, 3.05) is 11.9 Å². The van der Waals surface area contributed by atoms with Gasteiger partial charge in [-0.05, 0) is 36.2 Å². The van der Waals surface area contributed by atoms with Gasteiger partial charge in [0.05, 0.1) is 0 Å². The number of amides is 1. The molecule has 0 atom stereocenters. The third kappa shape index (κ3) is 3.83. The van der Waals surface area contributed by atoms with E-state index in [0.29, 0.717) is 12.3 Å². The van der Waals surface area contributed by atoms with Crippen molar-refractivity contribution < 1.29 is 9.53 Å². The summed E-state index contributed by atoms with van der Waals surface area (Å²) in [6.07, 6.45) is 0. The molecule has 2 rings (SSSR count). The smallest absolute Gasteiger partial charge is 0.262 e. The van der Waals surface area contributed by atoms with Gasteiger partial charge in [0.1, 0.15) is 5.75 Å². The van der Waals surface area contributed by atoms with Crippen LogP contribution in [0.3, 0.4) is 0 Å². The van der Waals surface area contributed by atoms with Gasteiger partial charge in [0.15, 0.2) is 6.61 Å². The standard InChI is InChI=1S/C16H18N2O2/c1-12-5-2-3-8-15(12)18-16(19)11-20-14-7-4-6-13(9-14)10-17/h2-9H,10-11,17H2,1H3,(H,18,19). The molecule has 0 aliphatic heterocycles. The molecule has 1 amide bonds. The van der Waals surface area contributed by atoms with Gasteiger partial charge in [-0.15, -0.1) is 0 Å². The van der Waals surface area contributed by atoms with Crippen LogP contribution in [0.2, 0.25) is 0 Å². The first-order valence-corrected chi connectivity index (χ1v) is 6.46. The van der Waals surface area contributed by atoms with Crippen LogP contribution in [-0.2, 0) is 11.3 Å². The molecule has 20 heavy (non-hydrogen) atoms. The summed E-state index contributed by atoms with van der Waals surface area (Å²) in [5, 5.41) is 2.82. The normalized spacial score (nSPS) is 10.1. The monoisotopic (exact) mass is 270 g/mol. The average molecular weight is 270 g/mol. The average Bonchev–Trinajstić information content (AvgIpc) is 2.48. The highest BCUT2D eigenvalue weighted by molar-refractivity contribution is 5.92. The van der Waals surface area contributed by atoms with Crippen LogP contribution in [0.1, 0.15) is 11.1 Å². The second kappa shape index (κ2) is 6.73. The molecule has 0 aromatic heterocycles. The first-order chi connectivity index (χ1) is 9.69. The van der Waals surface area contributed by atoms with Crippen molar-refractivity contribution in [1.82, 2.24) is 0 Å². The van der Waals surface area contributed by atoms with Gasteiger partial charge in [-0.1, -0.05) is 30.3 Å². The van der Waals surface area contributed by atoms with E-state index in [2.05, 4.69) is 5.32 Å². The Morgan fingerprint density at radius 1 is 1.20 bits per heavy atom. The number of hydrogen-bond acceptors (Lipinski definition) is 3. The lowest BCUT2D eigenvalue weighted by Crippen LogP contribution is -2.20. The van der Waals surface area contributed by atoms with Crippen LogP contribution in [-0.4, -0.2) is 12.5 Å². The fraction of sp³-hybridized carbons (Fsp3) is 0.188. The number of hydrogen-bond donors (Lipinski definition) is 2. The van der Waals surface area contributed by atoms with Crippen LogP contribution in [0, 0.1) is 6.92 Å². The summed E-state index contributed by atoms with van der Waals surface area (Å²) in [5.74, 6) is 0.463. The molecule has 0 radical (unpaired) electrons. The Bertz CT molecular complexity index is 597. The predicted octanol–water partition coefficient (Wildman–Crippen LogP) is 2.47. The van der Waals surface area contributed by atoms with E-state index in [-0.39, 0.29) is 12.5 Å². The molecule has 0 heterocycles. The molecule has 0 saturated carbocycles. The topological polar surface area (TPSA) is 64.3 Å². The molecule has 0 unspecified atom stereocenters. The van der Waals surface area contributed by atoms with Crippen molar-refractivity contribution in [3.05, 3.63) is 59.7 Å². The number of benzene rings is 2. The Kier molecular flexibility index (Phi) is 4.74. The van der Waals surface area contributed by atoms with Crippen LogP contribution < -0.4 is 15.8 Å². The van der Waals surface area contributed by atoms with Gasteiger partial charge >= 0.3 is 0 Å². The van der Waals surface area contributed by atoms with Crippen molar-refractivity contribution >= 4 is 11.6 Å². The Balaban J connectivity index is 1.90. The minimum absolute atomic E-state index is 0.0254. The molecule has 0 fully saturated rings. The number of nitrogens with two attached hydrogens (primary N) is 1. The summed E-state index contributed by atoms with van der Waals surface area (Å²) in [5.41, 5.74) is 8.35. The lowest BCUT2D eigenvalue weighted by Gasteiger charge is -2.10. The SMILES string of the molecule is Cc1ccccc1NC(=O)COc1cccc(CN)c1. The number of carbonyl (C=O) groups is 1. The summed E-state index contributed by atoms with van der Waals surface area (Å²) in [6, 6.07) is 15.0. The highest BCUT2D eigenvalue weighted by Crippen LogP contribution is 2.14. The zero-order chi connectivity index (χ0) is 14.4. The highest BCUT2D eigenvalue weighted by atomic mass is 16.5. The third-order valence-electron chi connectivity index (χ3n) is 2.92. The van der Waals surface area contributed by atoms with Crippen LogP contribution in [0.15, 0.2) is 48.5 Å². The number of nitrogens with one attached hydrogen (secondary N) is 1. The van der Waals surface area contributed by atoms with E-state index >= 15 is 0 Å². The Morgan fingerprint density at radius 2 is 2.00 bits per heavy atom. The summed E-state index contributed by atoms with van der Waals surface area (Å²) < 4.78 is 5.45. The van der Waals surface area contributed by atoms with Crippen LogP contribution >= 0.6 is 0 Å². The van der Waals surface area contributed by atoms with Crippen molar-refractivity contribution in [3.63, 3.8) is 0 Å². The maximum atomic E-state index is 11.8. The van der Waals surface area contributed by atoms with E-state index in [9.17, 15) is 4.79 Å². The molecule has 0 aliphatic carbocycles. The summed E-state index contributed by atoms with van der Waals surface area (Å²) >= 11 is 0.